The first-order valence-corrected chi connectivity index (χ1v) is 15.2. The van der Waals surface area contributed by atoms with Gasteiger partial charge in [0.05, 0.1) is 22.7 Å². The van der Waals surface area contributed by atoms with Crippen LogP contribution < -0.4 is 26.5 Å². The molecule has 1 saturated heterocycles. The molecule has 5 N–H and O–H groups in total. The molecule has 41 heavy (non-hydrogen) atoms. The van der Waals surface area contributed by atoms with Crippen molar-refractivity contribution in [3.05, 3.63) is 46.1 Å². The van der Waals surface area contributed by atoms with Crippen LogP contribution in [0.1, 0.15) is 25.0 Å². The number of carboxylic acid groups (broad SMARTS) is 1. The predicted molar refractivity (Wildman–Crippen MR) is 150 cm³/mol. The standard InChI is InChI=1S/C25H22N8O5S3/c26-11-25(4-2-5-25)38-31-16(15-10-41-24(28)29-15)19(34)30-17-20(35)33-18(23(36)37)12(8-39-22(17)33)7-32-6-1-3-13-14(27)9-40-21(13)32/h1,3,6,9-10,17,22H,2,4-5,7-8,27H2,(H3-,28,29,30,34,36,37)/b31-16-/t17?,22-/m1/s1. The molecule has 3 aromatic heterocycles. The van der Waals surface area contributed by atoms with Crippen LogP contribution in [-0.2, 0) is 25.8 Å². The number of hydrogen-bond acceptors (Lipinski definition) is 13. The number of thiazole rings is 1. The average Bonchev–Trinajstić information content (AvgIpc) is 3.54. The summed E-state index contributed by atoms with van der Waals surface area (Å²) in [6.45, 7) is 0.223. The number of nitrogen functional groups attached to an aromatic ring is 2. The number of nitrogens with zero attached hydrogens (tertiary/aromatic N) is 5. The predicted octanol–water partition coefficient (Wildman–Crippen LogP) is 0.0808. The van der Waals surface area contributed by atoms with Crippen molar-refractivity contribution in [1.29, 1.82) is 5.26 Å². The highest BCUT2D eigenvalue weighted by Crippen LogP contribution is 2.40. The highest BCUT2D eigenvalue weighted by atomic mass is 32.2. The van der Waals surface area contributed by atoms with Gasteiger partial charge in [-0.25, -0.2) is 4.98 Å². The average molecular weight is 611 g/mol. The second-order valence-electron chi connectivity index (χ2n) is 9.71. The quantitative estimate of drug-likeness (QED) is 0.136. The van der Waals surface area contributed by atoms with Crippen molar-refractivity contribution < 1.29 is 28.9 Å². The first kappa shape index (κ1) is 27.0. The lowest BCUT2D eigenvalue weighted by atomic mass is 9.82. The number of aliphatic carboxylic acids is 1. The Bertz CT molecular complexity index is 1700. The minimum Gasteiger partial charge on any atom is -0.543 e. The van der Waals surface area contributed by atoms with E-state index in [-0.39, 0.29) is 28.8 Å². The Kier molecular flexibility index (Phi) is 6.80. The molecule has 2 fully saturated rings. The van der Waals surface area contributed by atoms with Gasteiger partial charge in [-0.1, -0.05) is 16.5 Å². The number of carboxylic acids is 1. The molecular weight excluding hydrogens is 589 g/mol. The van der Waals surface area contributed by atoms with Crippen LogP contribution in [0.5, 0.6) is 0 Å². The molecule has 0 spiro atoms. The van der Waals surface area contributed by atoms with Crippen molar-refractivity contribution in [3.8, 4) is 6.07 Å². The second-order valence-corrected chi connectivity index (χ2v) is 12.6. The van der Waals surface area contributed by atoms with Gasteiger partial charge in [0.15, 0.2) is 23.6 Å². The van der Waals surface area contributed by atoms with Gasteiger partial charge in [0.25, 0.3) is 16.6 Å². The molecule has 1 unspecified atom stereocenters. The molecule has 1 saturated carbocycles. The number of nitrogens with two attached hydrogens (primary N) is 2. The molecule has 6 rings (SSSR count). The molecule has 1 aliphatic carbocycles. The van der Waals surface area contributed by atoms with Gasteiger partial charge >= 0.3 is 0 Å². The van der Waals surface area contributed by atoms with E-state index in [0.29, 0.717) is 29.9 Å². The van der Waals surface area contributed by atoms with Gasteiger partial charge in [0, 0.05) is 41.0 Å². The number of rotatable bonds is 8. The summed E-state index contributed by atoms with van der Waals surface area (Å²) in [7, 11) is 0. The maximum Gasteiger partial charge on any atom is 0.276 e. The Morgan fingerprint density at radius 1 is 1.34 bits per heavy atom. The minimum absolute atomic E-state index is 0.135. The Morgan fingerprint density at radius 3 is 2.80 bits per heavy atom. The number of thioether (sulfide) groups is 1. The summed E-state index contributed by atoms with van der Waals surface area (Å²) in [5.41, 5.74) is 11.5. The molecule has 5 heterocycles. The highest BCUT2D eigenvalue weighted by molar-refractivity contribution is 8.00. The maximum atomic E-state index is 13.3. The van der Waals surface area contributed by atoms with E-state index >= 15 is 0 Å². The van der Waals surface area contributed by atoms with Crippen molar-refractivity contribution in [3.63, 3.8) is 0 Å². The normalized spacial score (nSPS) is 21.5. The number of fused-ring (bicyclic) bond motifs is 2. The number of anilines is 2. The van der Waals surface area contributed by atoms with E-state index in [4.69, 9.17) is 16.3 Å². The maximum absolute atomic E-state index is 13.3. The van der Waals surface area contributed by atoms with Crippen LogP contribution in [0.2, 0.25) is 0 Å². The number of nitriles is 1. The molecule has 0 radical (unpaired) electrons. The van der Waals surface area contributed by atoms with E-state index in [1.54, 1.807) is 0 Å². The summed E-state index contributed by atoms with van der Waals surface area (Å²) in [6, 6.07) is 4.77. The lowest BCUT2D eigenvalue weighted by molar-refractivity contribution is -0.661. The van der Waals surface area contributed by atoms with Gasteiger partial charge in [-0.2, -0.15) is 9.83 Å². The van der Waals surface area contributed by atoms with Gasteiger partial charge < -0.3 is 31.5 Å². The third-order valence-corrected chi connectivity index (χ3v) is 10.2. The van der Waals surface area contributed by atoms with E-state index < -0.39 is 34.8 Å². The fourth-order valence-electron chi connectivity index (χ4n) is 4.86. The van der Waals surface area contributed by atoms with E-state index in [0.717, 1.165) is 32.9 Å². The fourth-order valence-corrected chi connectivity index (χ4v) is 7.68. The summed E-state index contributed by atoms with van der Waals surface area (Å²) in [5, 5.41) is 32.0. The minimum atomic E-state index is -1.47. The molecule has 13 nitrogen and oxygen atoms in total. The van der Waals surface area contributed by atoms with Crippen LogP contribution in [0.3, 0.4) is 0 Å². The number of hydrogen-bond donors (Lipinski definition) is 3. The Balaban J connectivity index is 1.23. The van der Waals surface area contributed by atoms with Crippen molar-refractivity contribution in [2.45, 2.75) is 42.8 Å². The molecule has 0 aromatic carbocycles. The van der Waals surface area contributed by atoms with Crippen molar-refractivity contribution in [1.82, 2.24) is 15.2 Å². The second kappa shape index (κ2) is 10.3. The van der Waals surface area contributed by atoms with E-state index in [2.05, 4.69) is 21.5 Å². The Morgan fingerprint density at radius 2 is 2.15 bits per heavy atom. The number of pyridine rings is 1. The largest absolute Gasteiger partial charge is 0.543 e. The lowest BCUT2D eigenvalue weighted by Crippen LogP contribution is -2.71. The number of β-lactam (4-membered cyclic amide) rings is 1. The molecule has 210 valence electrons. The molecule has 2 aliphatic heterocycles. The number of oxime groups is 1. The molecule has 16 heteroatoms. The van der Waals surface area contributed by atoms with E-state index in [1.165, 1.54) is 28.5 Å². The third-order valence-electron chi connectivity index (χ3n) is 7.17. The third kappa shape index (κ3) is 4.65. The number of carbonyl (C=O) groups excluding carboxylic acids is 3. The number of carbonyl (C=O) groups is 3. The van der Waals surface area contributed by atoms with Crippen LogP contribution in [-0.4, -0.2) is 56.1 Å². The summed E-state index contributed by atoms with van der Waals surface area (Å²) < 4.78 is 1.89. The molecule has 3 aromatic rings. The molecular formula is C25H22N8O5S3. The molecule has 2 atom stereocenters. The Labute approximate surface area is 245 Å². The first-order valence-electron chi connectivity index (χ1n) is 12.4. The molecule has 0 bridgehead atoms. The smallest absolute Gasteiger partial charge is 0.276 e. The lowest BCUT2D eigenvalue weighted by Gasteiger charge is -2.50. The first-order chi connectivity index (χ1) is 19.7. The fraction of sp³-hybridized carbons (Fsp3) is 0.320. The van der Waals surface area contributed by atoms with Gasteiger partial charge in [-0.3, -0.25) is 14.5 Å². The van der Waals surface area contributed by atoms with Crippen molar-refractivity contribution >= 4 is 79.0 Å². The topological polar surface area (TPSA) is 204 Å². The zero-order valence-electron chi connectivity index (χ0n) is 21.2. The zero-order chi connectivity index (χ0) is 28.9. The van der Waals surface area contributed by atoms with Crippen LogP contribution in [0, 0.1) is 11.3 Å². The molecule has 3 aliphatic rings. The number of aromatic nitrogens is 2. The van der Waals surface area contributed by atoms with Crippen LogP contribution in [0.4, 0.5) is 10.8 Å². The monoisotopic (exact) mass is 610 g/mol. The van der Waals surface area contributed by atoms with E-state index in [9.17, 15) is 24.8 Å². The summed E-state index contributed by atoms with van der Waals surface area (Å²) in [4.78, 5) is 50.4. The van der Waals surface area contributed by atoms with E-state index in [1.807, 2.05) is 28.3 Å². The van der Waals surface area contributed by atoms with Crippen molar-refractivity contribution in [2.75, 3.05) is 17.2 Å². The summed E-state index contributed by atoms with van der Waals surface area (Å²) in [6.07, 6.45) is 3.57. The highest BCUT2D eigenvalue weighted by Gasteiger charge is 2.53. The number of amides is 2. The van der Waals surface area contributed by atoms with Gasteiger partial charge in [-0.15, -0.1) is 23.1 Å². The van der Waals surface area contributed by atoms with Gasteiger partial charge in [0.2, 0.25) is 5.60 Å². The van der Waals surface area contributed by atoms with Gasteiger partial charge in [0.1, 0.15) is 23.2 Å². The summed E-state index contributed by atoms with van der Waals surface area (Å²) in [5.74, 6) is -2.53. The van der Waals surface area contributed by atoms with Gasteiger partial charge in [-0.05, 0) is 12.5 Å². The number of nitrogens with one attached hydrogen (secondary N) is 1. The van der Waals surface area contributed by atoms with Crippen LogP contribution in [0.25, 0.3) is 10.2 Å². The summed E-state index contributed by atoms with van der Waals surface area (Å²) >= 11 is 3.86. The zero-order valence-corrected chi connectivity index (χ0v) is 23.7. The Hall–Kier alpha value is -4.20. The SMILES string of the molecule is N#CC1(O/N=C(\C(=O)NC2C(=O)N3C(C(=O)[O-])=C(C[n+]4cccc5c(N)csc54)CS[C@H]23)c2csc(N)n2)CCC1. The number of thiophene rings is 1. The molecule has 2 amide bonds. The van der Waals surface area contributed by atoms with Crippen LogP contribution in [0.15, 0.2) is 45.5 Å². The van der Waals surface area contributed by atoms with Crippen LogP contribution >= 0.6 is 34.4 Å². The van der Waals surface area contributed by atoms with Crippen molar-refractivity contribution in [2.24, 2.45) is 5.16 Å².